The van der Waals surface area contributed by atoms with Gasteiger partial charge in [0.1, 0.15) is 0 Å². The van der Waals surface area contributed by atoms with Gasteiger partial charge in [0.25, 0.3) is 12.8 Å². The van der Waals surface area contributed by atoms with Gasteiger partial charge in [0.15, 0.2) is 0 Å². The van der Waals surface area contributed by atoms with Crippen LogP contribution in [0.25, 0.3) is 0 Å². The van der Waals surface area contributed by atoms with Gasteiger partial charge in [-0.15, -0.1) is 10.1 Å². The molecular weight excluding hydrogens is 212 g/mol. The molecule has 3 heterocycles. The van der Waals surface area contributed by atoms with Crippen LogP contribution in [0.4, 0.5) is 0 Å². The second-order valence-corrected chi connectivity index (χ2v) is 5.72. The number of hydrogen-bond acceptors (Lipinski definition) is 6. The molecule has 3 saturated heterocycles. The standard InChI is InChI=1S/C10H18N2O4/c1-9(2)5-13-7-11(9)15-8-12(16-7)10(3,4)6-14-8/h7-8H,5-6H2,1-4H3. The molecule has 6 nitrogen and oxygen atoms in total. The van der Waals surface area contributed by atoms with Crippen molar-refractivity contribution < 1.29 is 19.1 Å². The van der Waals surface area contributed by atoms with Gasteiger partial charge in [0.2, 0.25) is 0 Å². The minimum Gasteiger partial charge on any atom is -0.335 e. The van der Waals surface area contributed by atoms with Crippen LogP contribution in [0.5, 0.6) is 0 Å². The van der Waals surface area contributed by atoms with Gasteiger partial charge < -0.3 is 9.47 Å². The van der Waals surface area contributed by atoms with Gasteiger partial charge in [-0.25, -0.2) is 9.68 Å². The summed E-state index contributed by atoms with van der Waals surface area (Å²) in [6.45, 7) is 9.35. The Morgan fingerprint density at radius 1 is 0.812 bits per heavy atom. The molecule has 0 spiro atoms. The fraction of sp³-hybridized carbons (Fsp3) is 1.00. The summed E-state index contributed by atoms with van der Waals surface area (Å²) in [6.07, 6.45) is -0.931. The smallest absolute Gasteiger partial charge is 0.259 e. The molecule has 6 heteroatoms. The highest BCUT2D eigenvalue weighted by molar-refractivity contribution is 4.87. The number of rotatable bonds is 0. The molecule has 3 aliphatic heterocycles. The van der Waals surface area contributed by atoms with Gasteiger partial charge in [-0.2, -0.15) is 0 Å². The first kappa shape index (κ1) is 10.9. The Morgan fingerprint density at radius 2 is 1.19 bits per heavy atom. The fourth-order valence-electron chi connectivity index (χ4n) is 2.11. The van der Waals surface area contributed by atoms with E-state index in [1.54, 1.807) is 10.1 Å². The summed E-state index contributed by atoms with van der Waals surface area (Å²) >= 11 is 0. The predicted molar refractivity (Wildman–Crippen MR) is 53.5 cm³/mol. The van der Waals surface area contributed by atoms with Crippen molar-refractivity contribution in [1.82, 2.24) is 10.1 Å². The summed E-state index contributed by atoms with van der Waals surface area (Å²) in [7, 11) is 0. The summed E-state index contributed by atoms with van der Waals surface area (Å²) in [6, 6.07) is 0. The summed E-state index contributed by atoms with van der Waals surface area (Å²) in [5.74, 6) is 0. The SMILES string of the molecule is CC1(C)COC2ON3C(OCC3(C)C)ON21. The lowest BCUT2D eigenvalue weighted by Gasteiger charge is -2.43. The molecule has 92 valence electrons. The molecule has 0 N–H and O–H groups in total. The third-order valence-corrected chi connectivity index (χ3v) is 3.14. The fourth-order valence-corrected chi connectivity index (χ4v) is 2.11. The Morgan fingerprint density at radius 3 is 1.56 bits per heavy atom. The van der Waals surface area contributed by atoms with E-state index >= 15 is 0 Å². The maximum Gasteiger partial charge on any atom is 0.259 e. The van der Waals surface area contributed by atoms with Gasteiger partial charge in [-0.05, 0) is 27.7 Å². The first-order valence-electron chi connectivity index (χ1n) is 5.56. The third-order valence-electron chi connectivity index (χ3n) is 3.14. The molecule has 0 bridgehead atoms. The Hall–Kier alpha value is -0.240. The molecule has 2 unspecified atom stereocenters. The quantitative estimate of drug-likeness (QED) is 0.609. The number of hydrogen-bond donors (Lipinski definition) is 0. The number of fused-ring (bicyclic) bond motifs is 2. The minimum absolute atomic E-state index is 0.188. The van der Waals surface area contributed by atoms with Crippen LogP contribution in [0, 0.1) is 0 Å². The van der Waals surface area contributed by atoms with Crippen LogP contribution < -0.4 is 0 Å². The summed E-state index contributed by atoms with van der Waals surface area (Å²) in [5.41, 5.74) is -0.375. The molecule has 0 amide bonds. The van der Waals surface area contributed by atoms with Crippen molar-refractivity contribution in [2.45, 2.75) is 51.6 Å². The van der Waals surface area contributed by atoms with E-state index in [2.05, 4.69) is 0 Å². The van der Waals surface area contributed by atoms with Crippen molar-refractivity contribution in [3.8, 4) is 0 Å². The van der Waals surface area contributed by atoms with Crippen molar-refractivity contribution in [1.29, 1.82) is 0 Å². The first-order valence-corrected chi connectivity index (χ1v) is 5.56. The van der Waals surface area contributed by atoms with E-state index in [-0.39, 0.29) is 11.1 Å². The number of hydroxylamine groups is 4. The summed E-state index contributed by atoms with van der Waals surface area (Å²) in [4.78, 5) is 11.5. The molecule has 0 aliphatic carbocycles. The highest BCUT2D eigenvalue weighted by atomic mass is 17.0. The minimum atomic E-state index is -0.466. The molecule has 3 fully saturated rings. The van der Waals surface area contributed by atoms with E-state index < -0.39 is 12.8 Å². The average molecular weight is 230 g/mol. The molecule has 3 rings (SSSR count). The molecule has 16 heavy (non-hydrogen) atoms. The zero-order chi connectivity index (χ0) is 11.6. The summed E-state index contributed by atoms with van der Waals surface area (Å²) in [5, 5.41) is 3.46. The van der Waals surface area contributed by atoms with E-state index in [9.17, 15) is 0 Å². The van der Waals surface area contributed by atoms with E-state index in [0.717, 1.165) is 0 Å². The lowest BCUT2D eigenvalue weighted by atomic mass is 10.1. The van der Waals surface area contributed by atoms with Crippen LogP contribution in [-0.4, -0.2) is 47.2 Å². The van der Waals surface area contributed by atoms with E-state index in [4.69, 9.17) is 19.1 Å². The number of nitrogens with zero attached hydrogens (tertiary/aromatic N) is 2. The van der Waals surface area contributed by atoms with E-state index in [0.29, 0.717) is 13.2 Å². The lowest BCUT2D eigenvalue weighted by Crippen LogP contribution is -2.59. The van der Waals surface area contributed by atoms with Crippen molar-refractivity contribution in [3.05, 3.63) is 0 Å². The van der Waals surface area contributed by atoms with Crippen LogP contribution in [0.2, 0.25) is 0 Å². The highest BCUT2D eigenvalue weighted by Crippen LogP contribution is 2.39. The Labute approximate surface area is 94.9 Å². The second kappa shape index (κ2) is 3.16. The van der Waals surface area contributed by atoms with E-state index in [1.165, 1.54) is 0 Å². The Bertz CT molecular complexity index is 277. The molecule has 2 atom stereocenters. The largest absolute Gasteiger partial charge is 0.335 e. The van der Waals surface area contributed by atoms with Crippen molar-refractivity contribution in [2.75, 3.05) is 13.2 Å². The van der Waals surface area contributed by atoms with Crippen molar-refractivity contribution in [2.24, 2.45) is 0 Å². The molecule has 0 aromatic heterocycles. The Balaban J connectivity index is 1.82. The van der Waals surface area contributed by atoms with Gasteiger partial charge in [0.05, 0.1) is 24.3 Å². The van der Waals surface area contributed by atoms with Crippen LogP contribution in [0.15, 0.2) is 0 Å². The maximum absolute atomic E-state index is 5.77. The van der Waals surface area contributed by atoms with Crippen molar-refractivity contribution >= 4 is 0 Å². The zero-order valence-corrected chi connectivity index (χ0v) is 10.1. The van der Waals surface area contributed by atoms with Gasteiger partial charge in [0, 0.05) is 0 Å². The molecule has 0 aromatic rings. The van der Waals surface area contributed by atoms with Crippen LogP contribution >= 0.6 is 0 Å². The van der Waals surface area contributed by atoms with Crippen molar-refractivity contribution in [3.63, 3.8) is 0 Å². The average Bonchev–Trinajstić information content (AvgIpc) is 2.66. The Kier molecular flexibility index (Phi) is 2.15. The third kappa shape index (κ3) is 1.42. The molecular formula is C10H18N2O4. The van der Waals surface area contributed by atoms with E-state index in [1.807, 2.05) is 27.7 Å². The summed E-state index contributed by atoms with van der Waals surface area (Å²) < 4.78 is 11.1. The lowest BCUT2D eigenvalue weighted by molar-refractivity contribution is -0.510. The normalized spacial score (nSPS) is 42.0. The van der Waals surface area contributed by atoms with Crippen LogP contribution in [-0.2, 0) is 19.1 Å². The van der Waals surface area contributed by atoms with Crippen LogP contribution in [0.1, 0.15) is 27.7 Å². The maximum atomic E-state index is 5.77. The highest BCUT2D eigenvalue weighted by Gasteiger charge is 2.55. The van der Waals surface area contributed by atoms with Crippen LogP contribution in [0.3, 0.4) is 0 Å². The topological polar surface area (TPSA) is 43.4 Å². The molecule has 0 saturated carbocycles. The predicted octanol–water partition coefficient (Wildman–Crippen LogP) is 0.652. The molecule has 0 aromatic carbocycles. The second-order valence-electron chi connectivity index (χ2n) is 5.72. The van der Waals surface area contributed by atoms with Gasteiger partial charge >= 0.3 is 0 Å². The molecule has 0 radical (unpaired) electrons. The van der Waals surface area contributed by atoms with Gasteiger partial charge in [-0.1, -0.05) is 0 Å². The zero-order valence-electron chi connectivity index (χ0n) is 10.1. The first-order chi connectivity index (χ1) is 7.40. The monoisotopic (exact) mass is 230 g/mol. The molecule has 3 aliphatic rings. The van der Waals surface area contributed by atoms with Gasteiger partial charge in [-0.3, -0.25) is 0 Å². The number of ether oxygens (including phenoxy) is 2.